The Morgan fingerprint density at radius 2 is 1.57 bits per heavy atom. The van der Waals surface area contributed by atoms with E-state index in [-0.39, 0.29) is 11.9 Å². The van der Waals surface area contributed by atoms with E-state index >= 15 is 0 Å². The normalized spacial score (nSPS) is 15.5. The van der Waals surface area contributed by atoms with Crippen LogP contribution in [0.3, 0.4) is 0 Å². The van der Waals surface area contributed by atoms with E-state index in [0.717, 1.165) is 16.7 Å². The van der Waals surface area contributed by atoms with Crippen LogP contribution in [0.1, 0.15) is 33.1 Å². The summed E-state index contributed by atoms with van der Waals surface area (Å²) in [5.74, 6) is 1.20. The minimum absolute atomic E-state index is 0.117. The molecule has 0 radical (unpaired) electrons. The largest absolute Gasteiger partial charge is 0.493 e. The third-order valence-corrected chi connectivity index (χ3v) is 5.80. The average Bonchev–Trinajstić information content (AvgIpc) is 2.76. The molecule has 1 heterocycles. The number of ether oxygens (including phenoxy) is 2. The van der Waals surface area contributed by atoms with E-state index in [1.54, 1.807) is 32.4 Å². The molecule has 1 amide bonds. The van der Waals surface area contributed by atoms with Gasteiger partial charge in [-0.25, -0.2) is 0 Å². The molecule has 3 aromatic rings. The van der Waals surface area contributed by atoms with E-state index in [1.165, 1.54) is 0 Å². The lowest BCUT2D eigenvalue weighted by atomic mass is 9.87. The SMILES string of the molecule is COc1cc2c(cc1OC)[C@H](c1ccccc1)N(C(=O)c1cc(Cl)cc(Cl)c1)CC2. The lowest BCUT2D eigenvalue weighted by Gasteiger charge is -2.38. The van der Waals surface area contributed by atoms with Gasteiger partial charge in [0.15, 0.2) is 11.5 Å². The first kappa shape index (κ1) is 20.6. The highest BCUT2D eigenvalue weighted by molar-refractivity contribution is 6.35. The number of halogens is 2. The molecule has 0 N–H and O–H groups in total. The van der Waals surface area contributed by atoms with Gasteiger partial charge in [0, 0.05) is 22.2 Å². The predicted octanol–water partition coefficient (Wildman–Crippen LogP) is 5.80. The van der Waals surface area contributed by atoms with Crippen molar-refractivity contribution in [3.8, 4) is 11.5 Å². The fourth-order valence-electron chi connectivity index (χ4n) is 4.00. The molecule has 0 aliphatic carbocycles. The third-order valence-electron chi connectivity index (χ3n) is 5.36. The summed E-state index contributed by atoms with van der Waals surface area (Å²) in [4.78, 5) is 15.4. The number of benzene rings is 3. The maximum absolute atomic E-state index is 13.5. The van der Waals surface area contributed by atoms with Gasteiger partial charge < -0.3 is 14.4 Å². The van der Waals surface area contributed by atoms with Crippen molar-refractivity contribution in [1.82, 2.24) is 4.90 Å². The zero-order valence-corrected chi connectivity index (χ0v) is 18.2. The number of hydrogen-bond acceptors (Lipinski definition) is 3. The molecule has 0 saturated heterocycles. The highest BCUT2D eigenvalue weighted by Crippen LogP contribution is 2.41. The summed E-state index contributed by atoms with van der Waals surface area (Å²) in [7, 11) is 3.24. The molecule has 1 atom stereocenters. The van der Waals surface area contributed by atoms with Crippen molar-refractivity contribution < 1.29 is 14.3 Å². The Hall–Kier alpha value is -2.69. The topological polar surface area (TPSA) is 38.8 Å². The second kappa shape index (κ2) is 8.58. The first-order valence-corrected chi connectivity index (χ1v) is 10.3. The summed E-state index contributed by atoms with van der Waals surface area (Å²) >= 11 is 12.3. The number of rotatable bonds is 4. The van der Waals surface area contributed by atoms with Crippen LogP contribution >= 0.6 is 23.2 Å². The number of nitrogens with zero attached hydrogens (tertiary/aromatic N) is 1. The van der Waals surface area contributed by atoms with E-state index < -0.39 is 0 Å². The molecule has 0 fully saturated rings. The van der Waals surface area contributed by atoms with Crippen molar-refractivity contribution in [1.29, 1.82) is 0 Å². The predicted molar refractivity (Wildman–Crippen MR) is 119 cm³/mol. The van der Waals surface area contributed by atoms with Gasteiger partial charge in [-0.2, -0.15) is 0 Å². The van der Waals surface area contributed by atoms with Crippen molar-refractivity contribution >= 4 is 29.1 Å². The lowest BCUT2D eigenvalue weighted by Crippen LogP contribution is -2.40. The smallest absolute Gasteiger partial charge is 0.254 e. The van der Waals surface area contributed by atoms with Crippen LogP contribution in [0.2, 0.25) is 10.0 Å². The molecular formula is C24H21Cl2NO3. The van der Waals surface area contributed by atoms with Crippen molar-refractivity contribution in [2.24, 2.45) is 0 Å². The van der Waals surface area contributed by atoms with Crippen LogP contribution in [0.5, 0.6) is 11.5 Å². The molecule has 1 aliphatic heterocycles. The summed E-state index contributed by atoms with van der Waals surface area (Å²) in [6.45, 7) is 0.561. The first-order chi connectivity index (χ1) is 14.5. The van der Waals surface area contributed by atoms with Crippen LogP contribution in [0.15, 0.2) is 60.7 Å². The number of carbonyl (C=O) groups is 1. The Labute approximate surface area is 185 Å². The van der Waals surface area contributed by atoms with Crippen LogP contribution in [0.25, 0.3) is 0 Å². The third kappa shape index (κ3) is 3.85. The molecule has 4 rings (SSSR count). The molecule has 0 spiro atoms. The first-order valence-electron chi connectivity index (χ1n) is 9.58. The molecule has 0 aromatic heterocycles. The van der Waals surface area contributed by atoms with Gasteiger partial charge in [0.1, 0.15) is 0 Å². The molecule has 1 aliphatic rings. The van der Waals surface area contributed by atoms with E-state index in [1.807, 2.05) is 47.4 Å². The number of hydrogen-bond donors (Lipinski definition) is 0. The minimum atomic E-state index is -0.264. The standard InChI is InChI=1S/C24H21Cl2NO3/c1-29-21-12-16-8-9-27(24(28)17-10-18(25)13-19(26)11-17)23(15-6-4-3-5-7-15)20(16)14-22(21)30-2/h3-7,10-14,23H,8-9H2,1-2H3/t23-/m0/s1. The van der Waals surface area contributed by atoms with Gasteiger partial charge in [-0.15, -0.1) is 0 Å². The summed E-state index contributed by atoms with van der Waals surface area (Å²) in [5.41, 5.74) is 3.64. The van der Waals surface area contributed by atoms with Gasteiger partial charge >= 0.3 is 0 Å². The van der Waals surface area contributed by atoms with Gasteiger partial charge in [0.05, 0.1) is 20.3 Å². The van der Waals surface area contributed by atoms with Gasteiger partial charge in [0.25, 0.3) is 5.91 Å². The van der Waals surface area contributed by atoms with E-state index in [0.29, 0.717) is 40.1 Å². The van der Waals surface area contributed by atoms with Crippen molar-refractivity contribution in [2.45, 2.75) is 12.5 Å². The summed E-state index contributed by atoms with van der Waals surface area (Å²) in [5, 5.41) is 0.872. The monoisotopic (exact) mass is 441 g/mol. The molecule has 4 nitrogen and oxygen atoms in total. The molecule has 0 saturated carbocycles. The zero-order valence-electron chi connectivity index (χ0n) is 16.7. The summed E-state index contributed by atoms with van der Waals surface area (Å²) in [6.07, 6.45) is 0.707. The minimum Gasteiger partial charge on any atom is -0.493 e. The second-order valence-electron chi connectivity index (χ2n) is 7.13. The Kier molecular flexibility index (Phi) is 5.89. The van der Waals surface area contributed by atoms with Crippen molar-refractivity contribution in [2.75, 3.05) is 20.8 Å². The van der Waals surface area contributed by atoms with Crippen LogP contribution in [-0.4, -0.2) is 31.6 Å². The van der Waals surface area contributed by atoms with Crippen LogP contribution in [0, 0.1) is 0 Å². The molecule has 154 valence electrons. The van der Waals surface area contributed by atoms with Crippen LogP contribution in [0.4, 0.5) is 0 Å². The second-order valence-corrected chi connectivity index (χ2v) is 8.00. The van der Waals surface area contributed by atoms with Gasteiger partial charge in [-0.3, -0.25) is 4.79 Å². The van der Waals surface area contributed by atoms with E-state index in [4.69, 9.17) is 32.7 Å². The number of methoxy groups -OCH3 is 2. The maximum atomic E-state index is 13.5. The molecule has 0 bridgehead atoms. The van der Waals surface area contributed by atoms with Gasteiger partial charge in [-0.1, -0.05) is 53.5 Å². The number of carbonyl (C=O) groups excluding carboxylic acids is 1. The van der Waals surface area contributed by atoms with Crippen molar-refractivity contribution in [3.63, 3.8) is 0 Å². The molecule has 6 heteroatoms. The Bertz CT molecular complexity index is 1070. The average molecular weight is 442 g/mol. The Balaban J connectivity index is 1.85. The quantitative estimate of drug-likeness (QED) is 0.513. The van der Waals surface area contributed by atoms with Crippen LogP contribution < -0.4 is 9.47 Å². The van der Waals surface area contributed by atoms with E-state index in [2.05, 4.69) is 0 Å². The maximum Gasteiger partial charge on any atom is 0.254 e. The zero-order chi connectivity index (χ0) is 21.3. The van der Waals surface area contributed by atoms with Gasteiger partial charge in [-0.05, 0) is 53.4 Å². The molecular weight excluding hydrogens is 421 g/mol. The fourth-order valence-corrected chi connectivity index (χ4v) is 4.53. The molecule has 30 heavy (non-hydrogen) atoms. The molecule has 0 unspecified atom stereocenters. The Morgan fingerprint density at radius 3 is 2.20 bits per heavy atom. The highest BCUT2D eigenvalue weighted by Gasteiger charge is 2.34. The summed E-state index contributed by atoms with van der Waals surface area (Å²) < 4.78 is 11.0. The molecule has 3 aromatic carbocycles. The lowest BCUT2D eigenvalue weighted by molar-refractivity contribution is 0.0694. The fraction of sp³-hybridized carbons (Fsp3) is 0.208. The van der Waals surface area contributed by atoms with E-state index in [9.17, 15) is 4.79 Å². The van der Waals surface area contributed by atoms with Gasteiger partial charge in [0.2, 0.25) is 0 Å². The number of amides is 1. The Morgan fingerprint density at radius 1 is 0.933 bits per heavy atom. The number of fused-ring (bicyclic) bond motifs is 1. The van der Waals surface area contributed by atoms with Crippen molar-refractivity contribution in [3.05, 3.63) is 93.0 Å². The summed E-state index contributed by atoms with van der Waals surface area (Å²) in [6, 6.07) is 18.6. The van der Waals surface area contributed by atoms with Crippen LogP contribution in [-0.2, 0) is 6.42 Å². The highest BCUT2D eigenvalue weighted by atomic mass is 35.5.